The molecule has 0 radical (unpaired) electrons. The minimum atomic E-state index is 0.129. The van der Waals surface area contributed by atoms with E-state index in [9.17, 15) is 4.79 Å². The normalized spacial score (nSPS) is 21.9. The third-order valence-corrected chi connectivity index (χ3v) is 2.37. The number of aldehydes is 1. The van der Waals surface area contributed by atoms with Crippen molar-refractivity contribution in [3.63, 3.8) is 0 Å². The average molecular weight is 191 g/mol. The van der Waals surface area contributed by atoms with Crippen molar-refractivity contribution in [3.05, 3.63) is 35.4 Å². The molecule has 1 N–H and O–H groups in total. The van der Waals surface area contributed by atoms with Crippen LogP contribution >= 0.6 is 0 Å². The predicted molar refractivity (Wildman–Crippen MR) is 53.4 cm³/mol. The Bertz CT molecular complexity index is 302. The van der Waals surface area contributed by atoms with Crippen molar-refractivity contribution in [1.82, 2.24) is 5.32 Å². The number of carbonyl (C=O) groups excluding carboxylic acids is 1. The fraction of sp³-hybridized carbons (Fsp3) is 0.364. The van der Waals surface area contributed by atoms with Crippen molar-refractivity contribution in [2.24, 2.45) is 0 Å². The molecule has 2 rings (SSSR count). The molecule has 0 spiro atoms. The Morgan fingerprint density at radius 3 is 2.71 bits per heavy atom. The molecule has 0 unspecified atom stereocenters. The van der Waals surface area contributed by atoms with Crippen LogP contribution in [0.25, 0.3) is 0 Å². The summed E-state index contributed by atoms with van der Waals surface area (Å²) in [7, 11) is 0. The molecule has 1 heterocycles. The molecule has 0 amide bonds. The van der Waals surface area contributed by atoms with Crippen LogP contribution in [0.2, 0.25) is 0 Å². The number of ether oxygens (including phenoxy) is 1. The van der Waals surface area contributed by atoms with Crippen molar-refractivity contribution >= 4 is 6.29 Å². The molecule has 1 saturated heterocycles. The van der Waals surface area contributed by atoms with Gasteiger partial charge in [-0.15, -0.1) is 0 Å². The van der Waals surface area contributed by atoms with Crippen LogP contribution in [0.1, 0.15) is 22.0 Å². The van der Waals surface area contributed by atoms with Gasteiger partial charge < -0.3 is 10.1 Å². The first-order valence-electron chi connectivity index (χ1n) is 4.77. The highest BCUT2D eigenvalue weighted by atomic mass is 16.5. The van der Waals surface area contributed by atoms with E-state index in [4.69, 9.17) is 4.74 Å². The molecule has 0 aliphatic carbocycles. The molecule has 1 fully saturated rings. The summed E-state index contributed by atoms with van der Waals surface area (Å²) < 4.78 is 5.59. The van der Waals surface area contributed by atoms with Crippen molar-refractivity contribution < 1.29 is 9.53 Å². The van der Waals surface area contributed by atoms with Gasteiger partial charge in [0.1, 0.15) is 6.29 Å². The minimum absolute atomic E-state index is 0.129. The summed E-state index contributed by atoms with van der Waals surface area (Å²) in [4.78, 5) is 10.5. The van der Waals surface area contributed by atoms with Crippen molar-refractivity contribution in [2.75, 3.05) is 19.7 Å². The molecule has 0 aromatic heterocycles. The molecule has 3 nitrogen and oxygen atoms in total. The van der Waals surface area contributed by atoms with Gasteiger partial charge in [-0.3, -0.25) is 4.79 Å². The lowest BCUT2D eigenvalue weighted by Gasteiger charge is -2.23. The Morgan fingerprint density at radius 1 is 1.36 bits per heavy atom. The van der Waals surface area contributed by atoms with Gasteiger partial charge in [-0.2, -0.15) is 0 Å². The largest absolute Gasteiger partial charge is 0.371 e. The average Bonchev–Trinajstić information content (AvgIpc) is 2.30. The number of carbonyl (C=O) groups is 1. The molecule has 1 aliphatic heterocycles. The second kappa shape index (κ2) is 4.35. The van der Waals surface area contributed by atoms with Gasteiger partial charge in [-0.25, -0.2) is 0 Å². The molecule has 1 aliphatic rings. The van der Waals surface area contributed by atoms with E-state index in [1.54, 1.807) is 0 Å². The molecular formula is C11H13NO2. The first-order valence-corrected chi connectivity index (χ1v) is 4.77. The van der Waals surface area contributed by atoms with Crippen LogP contribution in [0.4, 0.5) is 0 Å². The maximum Gasteiger partial charge on any atom is 0.150 e. The smallest absolute Gasteiger partial charge is 0.150 e. The quantitative estimate of drug-likeness (QED) is 0.713. The van der Waals surface area contributed by atoms with Gasteiger partial charge in [0.2, 0.25) is 0 Å². The summed E-state index contributed by atoms with van der Waals surface area (Å²) in [5.74, 6) is 0. The number of nitrogens with one attached hydrogen (secondary N) is 1. The van der Waals surface area contributed by atoms with Crippen LogP contribution in [0.3, 0.4) is 0 Å². The number of benzene rings is 1. The highest BCUT2D eigenvalue weighted by Crippen LogP contribution is 2.18. The SMILES string of the molecule is O=Cc1ccc([C@H]2CNCCO2)cc1. The topological polar surface area (TPSA) is 38.3 Å². The van der Waals surface area contributed by atoms with Gasteiger partial charge in [-0.1, -0.05) is 24.3 Å². The van der Waals surface area contributed by atoms with Crippen LogP contribution < -0.4 is 5.32 Å². The summed E-state index contributed by atoms with van der Waals surface area (Å²) in [5.41, 5.74) is 1.83. The molecule has 3 heteroatoms. The van der Waals surface area contributed by atoms with E-state index in [2.05, 4.69) is 5.32 Å². The van der Waals surface area contributed by atoms with Gasteiger partial charge in [0.25, 0.3) is 0 Å². The van der Waals surface area contributed by atoms with E-state index < -0.39 is 0 Å². The third-order valence-electron chi connectivity index (χ3n) is 2.37. The van der Waals surface area contributed by atoms with Gasteiger partial charge in [0.15, 0.2) is 0 Å². The van der Waals surface area contributed by atoms with E-state index in [0.717, 1.165) is 31.5 Å². The summed E-state index contributed by atoms with van der Waals surface area (Å²) >= 11 is 0. The molecule has 0 saturated carbocycles. The predicted octanol–water partition coefficient (Wildman–Crippen LogP) is 1.16. The summed E-state index contributed by atoms with van der Waals surface area (Å²) in [5, 5.41) is 3.27. The summed E-state index contributed by atoms with van der Waals surface area (Å²) in [6.45, 7) is 2.52. The standard InChI is InChI=1S/C11H13NO2/c13-8-9-1-3-10(4-2-9)11-7-12-5-6-14-11/h1-4,8,11-12H,5-7H2/t11-/m1/s1. The van der Waals surface area contributed by atoms with Crippen LogP contribution in [-0.2, 0) is 4.74 Å². The zero-order chi connectivity index (χ0) is 9.80. The number of rotatable bonds is 2. The fourth-order valence-electron chi connectivity index (χ4n) is 1.57. The number of hydrogen-bond acceptors (Lipinski definition) is 3. The highest BCUT2D eigenvalue weighted by molar-refractivity contribution is 5.74. The van der Waals surface area contributed by atoms with Gasteiger partial charge in [0, 0.05) is 18.7 Å². The zero-order valence-electron chi connectivity index (χ0n) is 7.90. The molecule has 0 bridgehead atoms. The highest BCUT2D eigenvalue weighted by Gasteiger charge is 2.14. The van der Waals surface area contributed by atoms with Gasteiger partial charge >= 0.3 is 0 Å². The lowest BCUT2D eigenvalue weighted by atomic mass is 10.1. The molecule has 14 heavy (non-hydrogen) atoms. The van der Waals surface area contributed by atoms with E-state index >= 15 is 0 Å². The van der Waals surface area contributed by atoms with Crippen molar-refractivity contribution in [1.29, 1.82) is 0 Å². The van der Waals surface area contributed by atoms with Crippen LogP contribution in [0.5, 0.6) is 0 Å². The summed E-state index contributed by atoms with van der Waals surface area (Å²) in [6, 6.07) is 7.53. The number of hydrogen-bond donors (Lipinski definition) is 1. The maximum atomic E-state index is 10.5. The van der Waals surface area contributed by atoms with Crippen LogP contribution in [0, 0.1) is 0 Å². The second-order valence-electron chi connectivity index (χ2n) is 3.35. The fourth-order valence-corrected chi connectivity index (χ4v) is 1.57. The molecule has 1 atom stereocenters. The molecular weight excluding hydrogens is 178 g/mol. The number of morpholine rings is 1. The lowest BCUT2D eigenvalue weighted by molar-refractivity contribution is 0.0277. The first-order chi connectivity index (χ1) is 6.90. The van der Waals surface area contributed by atoms with Gasteiger partial charge in [-0.05, 0) is 5.56 Å². The van der Waals surface area contributed by atoms with Crippen molar-refractivity contribution in [3.8, 4) is 0 Å². The Labute approximate surface area is 83.1 Å². The van der Waals surface area contributed by atoms with E-state index in [1.165, 1.54) is 0 Å². The van der Waals surface area contributed by atoms with Crippen LogP contribution in [0.15, 0.2) is 24.3 Å². The van der Waals surface area contributed by atoms with Crippen LogP contribution in [-0.4, -0.2) is 26.0 Å². The Morgan fingerprint density at radius 2 is 2.14 bits per heavy atom. The molecule has 1 aromatic rings. The van der Waals surface area contributed by atoms with Gasteiger partial charge in [0.05, 0.1) is 12.7 Å². The van der Waals surface area contributed by atoms with E-state index in [0.29, 0.717) is 5.56 Å². The molecule has 1 aromatic carbocycles. The monoisotopic (exact) mass is 191 g/mol. The minimum Gasteiger partial charge on any atom is -0.371 e. The molecule has 74 valence electrons. The lowest BCUT2D eigenvalue weighted by Crippen LogP contribution is -2.33. The Kier molecular flexibility index (Phi) is 2.91. The maximum absolute atomic E-state index is 10.5. The second-order valence-corrected chi connectivity index (χ2v) is 3.35. The Hall–Kier alpha value is -1.19. The summed E-state index contributed by atoms with van der Waals surface area (Å²) in [6.07, 6.45) is 0.980. The van der Waals surface area contributed by atoms with E-state index in [1.807, 2.05) is 24.3 Å². The Balaban J connectivity index is 2.11. The van der Waals surface area contributed by atoms with Crippen molar-refractivity contribution in [2.45, 2.75) is 6.10 Å². The first kappa shape index (κ1) is 9.37. The third kappa shape index (κ3) is 2.00. The van der Waals surface area contributed by atoms with E-state index in [-0.39, 0.29) is 6.10 Å². The zero-order valence-corrected chi connectivity index (χ0v) is 7.90.